The van der Waals surface area contributed by atoms with Gasteiger partial charge in [-0.25, -0.2) is 0 Å². The molecule has 1 aromatic rings. The third kappa shape index (κ3) is 5.00. The van der Waals surface area contributed by atoms with E-state index in [1.54, 1.807) is 0 Å². The maximum atomic E-state index is 5.51. The van der Waals surface area contributed by atoms with Crippen LogP contribution in [0.3, 0.4) is 0 Å². The first-order chi connectivity index (χ1) is 6.79. The second-order valence-corrected chi connectivity index (χ2v) is 3.65. The van der Waals surface area contributed by atoms with E-state index in [1.807, 2.05) is 18.2 Å². The Bertz CT molecular complexity index is 233. The minimum atomic E-state index is 0.537. The van der Waals surface area contributed by atoms with Gasteiger partial charge in [0, 0.05) is 12.6 Å². The summed E-state index contributed by atoms with van der Waals surface area (Å²) in [6.07, 6.45) is 0. The van der Waals surface area contributed by atoms with E-state index >= 15 is 0 Å². The minimum absolute atomic E-state index is 0.537. The molecule has 78 valence electrons. The van der Waals surface area contributed by atoms with Gasteiger partial charge in [-0.05, 0) is 5.56 Å². The molecule has 0 fully saturated rings. The quantitative estimate of drug-likeness (QED) is 0.699. The van der Waals surface area contributed by atoms with Gasteiger partial charge >= 0.3 is 0 Å². The summed E-state index contributed by atoms with van der Waals surface area (Å²) in [6, 6.07) is 10.8. The van der Waals surface area contributed by atoms with Crippen LogP contribution < -0.4 is 5.32 Å². The number of rotatable bonds is 6. The van der Waals surface area contributed by atoms with E-state index in [9.17, 15) is 0 Å². The lowest BCUT2D eigenvalue weighted by Crippen LogP contribution is -2.26. The fourth-order valence-corrected chi connectivity index (χ4v) is 1.18. The lowest BCUT2D eigenvalue weighted by atomic mass is 10.2. The van der Waals surface area contributed by atoms with E-state index in [4.69, 9.17) is 4.74 Å². The molecule has 0 heterocycles. The average molecular weight is 193 g/mol. The van der Waals surface area contributed by atoms with Crippen molar-refractivity contribution < 1.29 is 4.74 Å². The predicted octanol–water partition coefficient (Wildman–Crippen LogP) is 2.20. The Morgan fingerprint density at radius 1 is 1.21 bits per heavy atom. The van der Waals surface area contributed by atoms with Crippen molar-refractivity contribution in [1.29, 1.82) is 0 Å². The highest BCUT2D eigenvalue weighted by Gasteiger charge is 1.93. The molecule has 2 heteroatoms. The summed E-state index contributed by atoms with van der Waals surface area (Å²) >= 11 is 0. The summed E-state index contributed by atoms with van der Waals surface area (Å²) in [7, 11) is 0. The second kappa shape index (κ2) is 6.57. The zero-order chi connectivity index (χ0) is 10.2. The normalized spacial score (nSPS) is 10.8. The number of benzene rings is 1. The SMILES string of the molecule is CC(C)NCCOCc1ccccc1. The van der Waals surface area contributed by atoms with Gasteiger partial charge in [0.1, 0.15) is 0 Å². The van der Waals surface area contributed by atoms with E-state index < -0.39 is 0 Å². The fourth-order valence-electron chi connectivity index (χ4n) is 1.18. The van der Waals surface area contributed by atoms with Crippen LogP contribution in [0.25, 0.3) is 0 Å². The Hall–Kier alpha value is -0.860. The average Bonchev–Trinajstić information content (AvgIpc) is 2.18. The lowest BCUT2D eigenvalue weighted by molar-refractivity contribution is 0.121. The summed E-state index contributed by atoms with van der Waals surface area (Å²) < 4.78 is 5.51. The Morgan fingerprint density at radius 3 is 2.57 bits per heavy atom. The van der Waals surface area contributed by atoms with Crippen LogP contribution in [0, 0.1) is 0 Å². The first kappa shape index (κ1) is 11.2. The van der Waals surface area contributed by atoms with Gasteiger partial charge in [0.2, 0.25) is 0 Å². The molecular weight excluding hydrogens is 174 g/mol. The maximum absolute atomic E-state index is 5.51. The second-order valence-electron chi connectivity index (χ2n) is 3.65. The molecule has 0 aromatic heterocycles. The van der Waals surface area contributed by atoms with Gasteiger partial charge in [-0.1, -0.05) is 44.2 Å². The van der Waals surface area contributed by atoms with Crippen LogP contribution in [-0.2, 0) is 11.3 Å². The molecule has 14 heavy (non-hydrogen) atoms. The van der Waals surface area contributed by atoms with Crippen molar-refractivity contribution in [1.82, 2.24) is 5.32 Å². The van der Waals surface area contributed by atoms with Gasteiger partial charge in [0.15, 0.2) is 0 Å². The number of nitrogens with one attached hydrogen (secondary N) is 1. The van der Waals surface area contributed by atoms with E-state index in [1.165, 1.54) is 5.56 Å². The molecule has 0 amide bonds. The Morgan fingerprint density at radius 2 is 1.93 bits per heavy atom. The molecule has 0 unspecified atom stereocenters. The van der Waals surface area contributed by atoms with Crippen LogP contribution in [0.1, 0.15) is 19.4 Å². The lowest BCUT2D eigenvalue weighted by Gasteiger charge is -2.08. The van der Waals surface area contributed by atoms with Crippen molar-refractivity contribution in [2.75, 3.05) is 13.2 Å². The van der Waals surface area contributed by atoms with E-state index in [2.05, 4.69) is 31.3 Å². The van der Waals surface area contributed by atoms with Crippen LogP contribution in [-0.4, -0.2) is 19.2 Å². The van der Waals surface area contributed by atoms with Crippen LogP contribution in [0.15, 0.2) is 30.3 Å². The van der Waals surface area contributed by atoms with Gasteiger partial charge in [-0.3, -0.25) is 0 Å². The summed E-state index contributed by atoms with van der Waals surface area (Å²) in [5, 5.41) is 3.31. The molecule has 0 saturated carbocycles. The van der Waals surface area contributed by atoms with Gasteiger partial charge in [0.05, 0.1) is 13.2 Å². The number of hydrogen-bond donors (Lipinski definition) is 1. The predicted molar refractivity (Wildman–Crippen MR) is 59.2 cm³/mol. The molecule has 0 saturated heterocycles. The highest BCUT2D eigenvalue weighted by atomic mass is 16.5. The van der Waals surface area contributed by atoms with Gasteiger partial charge in [-0.2, -0.15) is 0 Å². The Balaban J connectivity index is 2.05. The van der Waals surface area contributed by atoms with Gasteiger partial charge < -0.3 is 10.1 Å². The molecule has 1 rings (SSSR count). The van der Waals surface area contributed by atoms with Crippen LogP contribution in [0.2, 0.25) is 0 Å². The molecule has 2 nitrogen and oxygen atoms in total. The van der Waals surface area contributed by atoms with Crippen molar-refractivity contribution >= 4 is 0 Å². The first-order valence-corrected chi connectivity index (χ1v) is 5.14. The Labute approximate surface area is 86.3 Å². The summed E-state index contributed by atoms with van der Waals surface area (Å²) in [6.45, 7) is 6.67. The van der Waals surface area contributed by atoms with E-state index in [0.29, 0.717) is 12.6 Å². The smallest absolute Gasteiger partial charge is 0.0717 e. The monoisotopic (exact) mass is 193 g/mol. The zero-order valence-corrected chi connectivity index (χ0v) is 8.99. The molecule has 0 radical (unpaired) electrons. The summed E-state index contributed by atoms with van der Waals surface area (Å²) in [5.74, 6) is 0. The molecule has 0 aliphatic rings. The molecule has 0 aliphatic heterocycles. The zero-order valence-electron chi connectivity index (χ0n) is 8.99. The van der Waals surface area contributed by atoms with E-state index in [0.717, 1.165) is 13.2 Å². The Kier molecular flexibility index (Phi) is 5.27. The van der Waals surface area contributed by atoms with Crippen LogP contribution >= 0.6 is 0 Å². The topological polar surface area (TPSA) is 21.3 Å². The highest BCUT2D eigenvalue weighted by molar-refractivity contribution is 5.13. The molecule has 0 atom stereocenters. The third-order valence-electron chi connectivity index (χ3n) is 1.91. The largest absolute Gasteiger partial charge is 0.375 e. The molecule has 0 bridgehead atoms. The van der Waals surface area contributed by atoms with Crippen molar-refractivity contribution in [3.63, 3.8) is 0 Å². The summed E-state index contributed by atoms with van der Waals surface area (Å²) in [4.78, 5) is 0. The minimum Gasteiger partial charge on any atom is -0.375 e. The van der Waals surface area contributed by atoms with Gasteiger partial charge in [0.25, 0.3) is 0 Å². The molecule has 1 aromatic carbocycles. The van der Waals surface area contributed by atoms with Crippen LogP contribution in [0.4, 0.5) is 0 Å². The van der Waals surface area contributed by atoms with Crippen LogP contribution in [0.5, 0.6) is 0 Å². The van der Waals surface area contributed by atoms with Crippen molar-refractivity contribution in [3.8, 4) is 0 Å². The third-order valence-corrected chi connectivity index (χ3v) is 1.91. The van der Waals surface area contributed by atoms with E-state index in [-0.39, 0.29) is 0 Å². The number of ether oxygens (including phenoxy) is 1. The highest BCUT2D eigenvalue weighted by Crippen LogP contribution is 1.99. The van der Waals surface area contributed by atoms with Crippen molar-refractivity contribution in [2.45, 2.75) is 26.5 Å². The first-order valence-electron chi connectivity index (χ1n) is 5.14. The molecule has 0 spiro atoms. The van der Waals surface area contributed by atoms with Crippen molar-refractivity contribution in [2.24, 2.45) is 0 Å². The fraction of sp³-hybridized carbons (Fsp3) is 0.500. The summed E-state index contributed by atoms with van der Waals surface area (Å²) in [5.41, 5.74) is 1.23. The standard InChI is InChI=1S/C12H19NO/c1-11(2)13-8-9-14-10-12-6-4-3-5-7-12/h3-7,11,13H,8-10H2,1-2H3. The molecule has 0 aliphatic carbocycles. The molecule has 1 N–H and O–H groups in total. The van der Waals surface area contributed by atoms with Gasteiger partial charge in [-0.15, -0.1) is 0 Å². The molecular formula is C12H19NO. The maximum Gasteiger partial charge on any atom is 0.0717 e. The number of hydrogen-bond acceptors (Lipinski definition) is 2. The van der Waals surface area contributed by atoms with Crippen molar-refractivity contribution in [3.05, 3.63) is 35.9 Å².